The van der Waals surface area contributed by atoms with Gasteiger partial charge in [0.05, 0.1) is 18.3 Å². The van der Waals surface area contributed by atoms with Gasteiger partial charge in [0.1, 0.15) is 0 Å². The maximum absolute atomic E-state index is 12.9. The summed E-state index contributed by atoms with van der Waals surface area (Å²) in [6.45, 7) is 3.67. The number of likely N-dealkylation sites (tertiary alicyclic amines) is 1. The molecule has 0 saturated carbocycles. The average molecular weight is 356 g/mol. The Labute approximate surface area is 155 Å². The van der Waals surface area contributed by atoms with Crippen molar-refractivity contribution in [3.05, 3.63) is 41.7 Å². The van der Waals surface area contributed by atoms with E-state index in [1.54, 1.807) is 4.90 Å². The molecule has 0 spiro atoms. The second-order valence-corrected chi connectivity index (χ2v) is 7.64. The van der Waals surface area contributed by atoms with Crippen molar-refractivity contribution < 1.29 is 9.90 Å². The number of carbonyl (C=O) groups is 1. The van der Waals surface area contributed by atoms with Crippen LogP contribution >= 0.6 is 0 Å². The van der Waals surface area contributed by atoms with E-state index < -0.39 is 5.60 Å². The van der Waals surface area contributed by atoms with E-state index >= 15 is 0 Å². The lowest BCUT2D eigenvalue weighted by atomic mass is 9.92. The third kappa shape index (κ3) is 3.81. The molecule has 1 aromatic carbocycles. The Kier molecular flexibility index (Phi) is 5.16. The molecular weight excluding hydrogens is 328 g/mol. The molecule has 1 aromatic heterocycles. The summed E-state index contributed by atoms with van der Waals surface area (Å²) in [6, 6.07) is 7.66. The Morgan fingerprint density at radius 3 is 2.58 bits per heavy atom. The molecule has 0 aliphatic carbocycles. The van der Waals surface area contributed by atoms with Crippen LogP contribution in [-0.4, -0.2) is 69.9 Å². The molecule has 0 bridgehead atoms. The number of benzene rings is 1. The molecule has 140 valence electrons. The first kappa shape index (κ1) is 18.6. The van der Waals surface area contributed by atoms with Gasteiger partial charge < -0.3 is 14.9 Å². The van der Waals surface area contributed by atoms with E-state index in [0.29, 0.717) is 25.2 Å². The van der Waals surface area contributed by atoms with Crippen LogP contribution in [0.4, 0.5) is 0 Å². The summed E-state index contributed by atoms with van der Waals surface area (Å²) in [6.07, 6.45) is 3.40. The number of amides is 1. The number of β-amino-alcohol motifs (C(OH)–C–C–N with tert-alkyl or cyclic N) is 1. The fourth-order valence-electron chi connectivity index (χ4n) is 3.76. The minimum absolute atomic E-state index is 0.0173. The normalized spacial score (nSPS) is 20.6. The second-order valence-electron chi connectivity index (χ2n) is 7.64. The molecule has 2 aromatic rings. The van der Waals surface area contributed by atoms with Crippen LogP contribution in [0.3, 0.4) is 0 Å². The number of rotatable bonds is 4. The van der Waals surface area contributed by atoms with Crippen molar-refractivity contribution in [1.82, 2.24) is 19.6 Å². The van der Waals surface area contributed by atoms with Crippen LogP contribution in [0.15, 0.2) is 30.5 Å². The van der Waals surface area contributed by atoms with E-state index in [2.05, 4.69) is 5.10 Å². The molecular formula is C20H28N4O2. The van der Waals surface area contributed by atoms with Crippen molar-refractivity contribution in [2.24, 2.45) is 7.05 Å². The monoisotopic (exact) mass is 356 g/mol. The van der Waals surface area contributed by atoms with Crippen molar-refractivity contribution in [1.29, 1.82) is 0 Å². The molecule has 0 radical (unpaired) electrons. The highest BCUT2D eigenvalue weighted by Gasteiger charge is 2.35. The molecule has 2 heterocycles. The highest BCUT2D eigenvalue weighted by molar-refractivity contribution is 5.94. The van der Waals surface area contributed by atoms with E-state index in [0.717, 1.165) is 29.7 Å². The topological polar surface area (TPSA) is 61.6 Å². The molecule has 3 rings (SSSR count). The SMILES string of the molecule is Cc1c(-c2ccc(C(=O)N3CCCC(O)(CN(C)C)C3)cc2)cnn1C. The molecule has 1 fully saturated rings. The first-order valence-electron chi connectivity index (χ1n) is 9.04. The van der Waals surface area contributed by atoms with Gasteiger partial charge in [0.2, 0.25) is 0 Å². The van der Waals surface area contributed by atoms with Gasteiger partial charge in [-0.3, -0.25) is 9.48 Å². The Morgan fingerprint density at radius 1 is 1.31 bits per heavy atom. The third-order valence-electron chi connectivity index (χ3n) is 5.13. The molecule has 6 nitrogen and oxygen atoms in total. The van der Waals surface area contributed by atoms with Crippen molar-refractivity contribution in [2.75, 3.05) is 33.7 Å². The lowest BCUT2D eigenvalue weighted by molar-refractivity contribution is -0.0391. The quantitative estimate of drug-likeness (QED) is 0.909. The van der Waals surface area contributed by atoms with Gasteiger partial charge in [-0.15, -0.1) is 0 Å². The zero-order valence-corrected chi connectivity index (χ0v) is 16.1. The van der Waals surface area contributed by atoms with Crippen molar-refractivity contribution in [3.63, 3.8) is 0 Å². The lowest BCUT2D eigenvalue weighted by Crippen LogP contribution is -2.54. The summed E-state index contributed by atoms with van der Waals surface area (Å²) in [5.74, 6) is -0.0173. The fraction of sp³-hybridized carbons (Fsp3) is 0.500. The number of nitrogens with zero attached hydrogens (tertiary/aromatic N) is 4. The molecule has 6 heteroatoms. The van der Waals surface area contributed by atoms with Crippen LogP contribution in [0.2, 0.25) is 0 Å². The molecule has 1 unspecified atom stereocenters. The smallest absolute Gasteiger partial charge is 0.253 e. The zero-order valence-electron chi connectivity index (χ0n) is 16.1. The molecule has 26 heavy (non-hydrogen) atoms. The lowest BCUT2D eigenvalue weighted by Gasteiger charge is -2.40. The van der Waals surface area contributed by atoms with E-state index in [1.807, 2.05) is 68.1 Å². The van der Waals surface area contributed by atoms with E-state index in [-0.39, 0.29) is 5.91 Å². The van der Waals surface area contributed by atoms with Gasteiger partial charge in [-0.2, -0.15) is 5.10 Å². The number of aliphatic hydroxyl groups is 1. The number of aryl methyl sites for hydroxylation is 1. The molecule has 1 N–H and O–H groups in total. The van der Waals surface area contributed by atoms with Crippen molar-refractivity contribution >= 4 is 5.91 Å². The summed E-state index contributed by atoms with van der Waals surface area (Å²) >= 11 is 0. The molecule has 1 aliphatic heterocycles. The summed E-state index contributed by atoms with van der Waals surface area (Å²) in [5, 5.41) is 15.1. The van der Waals surface area contributed by atoms with Crippen LogP contribution in [0.5, 0.6) is 0 Å². The molecule has 1 atom stereocenters. The van der Waals surface area contributed by atoms with E-state index in [4.69, 9.17) is 0 Å². The van der Waals surface area contributed by atoms with Crippen molar-refractivity contribution in [3.8, 4) is 11.1 Å². The number of hydrogen-bond acceptors (Lipinski definition) is 4. The Balaban J connectivity index is 1.74. The fourth-order valence-corrected chi connectivity index (χ4v) is 3.76. The molecule has 1 aliphatic rings. The number of piperidine rings is 1. The van der Waals surface area contributed by atoms with Gasteiger partial charge in [-0.1, -0.05) is 12.1 Å². The van der Waals surface area contributed by atoms with Crippen molar-refractivity contribution in [2.45, 2.75) is 25.4 Å². The first-order chi connectivity index (χ1) is 12.3. The Hall–Kier alpha value is -2.18. The van der Waals surface area contributed by atoms with E-state index in [9.17, 15) is 9.90 Å². The average Bonchev–Trinajstić information content (AvgIpc) is 2.92. The minimum Gasteiger partial charge on any atom is -0.387 e. The molecule has 1 saturated heterocycles. The second kappa shape index (κ2) is 7.21. The van der Waals surface area contributed by atoms with Crippen LogP contribution < -0.4 is 0 Å². The zero-order chi connectivity index (χ0) is 18.9. The van der Waals surface area contributed by atoms with Gasteiger partial charge >= 0.3 is 0 Å². The maximum Gasteiger partial charge on any atom is 0.253 e. The summed E-state index contributed by atoms with van der Waals surface area (Å²) in [5.41, 5.74) is 3.04. The highest BCUT2D eigenvalue weighted by atomic mass is 16.3. The van der Waals surface area contributed by atoms with Crippen LogP contribution in [-0.2, 0) is 7.05 Å². The number of hydrogen-bond donors (Lipinski definition) is 1. The standard InChI is InChI=1S/C20H28N4O2/c1-15-18(12-21-23(15)4)16-6-8-17(9-7-16)19(25)24-11-5-10-20(26,14-24)13-22(2)3/h6-9,12,26H,5,10-11,13-14H2,1-4H3. The van der Waals surface area contributed by atoms with Gasteiger partial charge in [0.15, 0.2) is 0 Å². The predicted molar refractivity (Wildman–Crippen MR) is 102 cm³/mol. The molecule has 1 amide bonds. The Morgan fingerprint density at radius 2 is 2.00 bits per heavy atom. The Bertz CT molecular complexity index is 782. The third-order valence-corrected chi connectivity index (χ3v) is 5.13. The highest BCUT2D eigenvalue weighted by Crippen LogP contribution is 2.26. The van der Waals surface area contributed by atoms with Crippen LogP contribution in [0.1, 0.15) is 28.9 Å². The van der Waals surface area contributed by atoms with E-state index in [1.165, 1.54) is 0 Å². The summed E-state index contributed by atoms with van der Waals surface area (Å²) < 4.78 is 1.84. The van der Waals surface area contributed by atoms with Crippen LogP contribution in [0, 0.1) is 6.92 Å². The number of aromatic nitrogens is 2. The van der Waals surface area contributed by atoms with Gasteiger partial charge in [0.25, 0.3) is 5.91 Å². The van der Waals surface area contributed by atoms with Gasteiger partial charge in [0, 0.05) is 37.0 Å². The first-order valence-corrected chi connectivity index (χ1v) is 9.04. The van der Waals surface area contributed by atoms with Gasteiger partial charge in [-0.25, -0.2) is 0 Å². The maximum atomic E-state index is 12.9. The number of likely N-dealkylation sites (N-methyl/N-ethyl adjacent to an activating group) is 1. The minimum atomic E-state index is -0.829. The number of carbonyl (C=O) groups excluding carboxylic acids is 1. The predicted octanol–water partition coefficient (Wildman–Crippen LogP) is 1.92. The summed E-state index contributed by atoms with van der Waals surface area (Å²) in [7, 11) is 5.80. The van der Waals surface area contributed by atoms with Crippen LogP contribution in [0.25, 0.3) is 11.1 Å². The van der Waals surface area contributed by atoms with Gasteiger partial charge in [-0.05, 0) is 51.6 Å². The largest absolute Gasteiger partial charge is 0.387 e. The summed E-state index contributed by atoms with van der Waals surface area (Å²) in [4.78, 5) is 16.6.